The van der Waals surface area contributed by atoms with Crippen LogP contribution in [0, 0.1) is 5.41 Å². The molecule has 4 nitrogen and oxygen atoms in total. The van der Waals surface area contributed by atoms with E-state index in [9.17, 15) is 4.79 Å². The molecule has 1 spiro atoms. The van der Waals surface area contributed by atoms with Crippen LogP contribution in [0.1, 0.15) is 25.7 Å². The molecule has 3 rings (SSSR count). The predicted molar refractivity (Wildman–Crippen MR) is 64.7 cm³/mol. The highest BCUT2D eigenvalue weighted by molar-refractivity contribution is 5.78. The third kappa shape index (κ3) is 2.33. The number of rotatable bonds is 2. The zero-order valence-corrected chi connectivity index (χ0v) is 10.5. The van der Waals surface area contributed by atoms with Crippen molar-refractivity contribution in [2.45, 2.75) is 25.7 Å². The van der Waals surface area contributed by atoms with E-state index in [1.165, 1.54) is 25.7 Å². The van der Waals surface area contributed by atoms with Crippen molar-refractivity contribution in [3.8, 4) is 0 Å². The van der Waals surface area contributed by atoms with Crippen LogP contribution in [-0.2, 0) is 9.53 Å². The number of likely N-dealkylation sites (tertiary alicyclic amines) is 2. The van der Waals surface area contributed by atoms with Crippen LogP contribution in [0.5, 0.6) is 0 Å². The van der Waals surface area contributed by atoms with Crippen LogP contribution in [0.25, 0.3) is 0 Å². The number of carbonyl (C=O) groups is 1. The zero-order chi connectivity index (χ0) is 11.7. The van der Waals surface area contributed by atoms with E-state index in [0.717, 1.165) is 39.4 Å². The third-order valence-corrected chi connectivity index (χ3v) is 4.52. The van der Waals surface area contributed by atoms with Crippen molar-refractivity contribution in [3.05, 3.63) is 0 Å². The molecular weight excluding hydrogens is 216 g/mol. The van der Waals surface area contributed by atoms with E-state index in [-0.39, 0.29) is 0 Å². The number of hydrogen-bond donors (Lipinski definition) is 0. The Kier molecular flexibility index (Phi) is 3.09. The average Bonchev–Trinajstić information content (AvgIpc) is 3.04. The van der Waals surface area contributed by atoms with Crippen molar-refractivity contribution < 1.29 is 9.53 Å². The molecule has 0 saturated carbocycles. The summed E-state index contributed by atoms with van der Waals surface area (Å²) in [7, 11) is 0. The fraction of sp³-hybridized carbons (Fsp3) is 0.923. The highest BCUT2D eigenvalue weighted by Crippen LogP contribution is 2.37. The molecule has 0 radical (unpaired) electrons. The van der Waals surface area contributed by atoms with E-state index in [1.54, 1.807) is 0 Å². The molecule has 0 aromatic rings. The van der Waals surface area contributed by atoms with Gasteiger partial charge in [0.25, 0.3) is 0 Å². The maximum absolute atomic E-state index is 12.1. The highest BCUT2D eigenvalue weighted by atomic mass is 16.5. The minimum atomic E-state index is 0.332. The van der Waals surface area contributed by atoms with E-state index in [4.69, 9.17) is 4.74 Å². The molecule has 0 aliphatic carbocycles. The quantitative estimate of drug-likeness (QED) is 0.710. The molecule has 1 amide bonds. The summed E-state index contributed by atoms with van der Waals surface area (Å²) in [4.78, 5) is 16.4. The lowest BCUT2D eigenvalue weighted by atomic mass is 9.87. The molecule has 96 valence electrons. The number of hydrogen-bond acceptors (Lipinski definition) is 3. The van der Waals surface area contributed by atoms with Crippen molar-refractivity contribution in [2.75, 3.05) is 45.9 Å². The van der Waals surface area contributed by atoms with Gasteiger partial charge in [0, 0.05) is 31.7 Å². The summed E-state index contributed by atoms with van der Waals surface area (Å²) < 4.78 is 5.51. The lowest BCUT2D eigenvalue weighted by Crippen LogP contribution is -2.39. The van der Waals surface area contributed by atoms with Crippen molar-refractivity contribution >= 4 is 5.91 Å². The van der Waals surface area contributed by atoms with Gasteiger partial charge in [-0.3, -0.25) is 9.69 Å². The van der Waals surface area contributed by atoms with E-state index in [0.29, 0.717) is 17.9 Å². The van der Waals surface area contributed by atoms with E-state index in [2.05, 4.69) is 4.90 Å². The summed E-state index contributed by atoms with van der Waals surface area (Å²) >= 11 is 0. The summed E-state index contributed by atoms with van der Waals surface area (Å²) in [6.45, 7) is 6.52. The lowest BCUT2D eigenvalue weighted by Gasteiger charge is -2.23. The van der Waals surface area contributed by atoms with Gasteiger partial charge in [-0.05, 0) is 32.2 Å². The summed E-state index contributed by atoms with van der Waals surface area (Å²) in [6, 6.07) is 0. The molecule has 1 unspecified atom stereocenters. The Morgan fingerprint density at radius 2 is 2.00 bits per heavy atom. The minimum Gasteiger partial charge on any atom is -0.381 e. The first-order chi connectivity index (χ1) is 8.27. The zero-order valence-electron chi connectivity index (χ0n) is 10.5. The van der Waals surface area contributed by atoms with Gasteiger partial charge in [-0.25, -0.2) is 0 Å². The number of nitrogens with zero attached hydrogens (tertiary/aromatic N) is 2. The van der Waals surface area contributed by atoms with Crippen LogP contribution >= 0.6 is 0 Å². The topological polar surface area (TPSA) is 32.8 Å². The first-order valence-corrected chi connectivity index (χ1v) is 6.85. The van der Waals surface area contributed by atoms with Gasteiger partial charge in [-0.1, -0.05) is 0 Å². The maximum Gasteiger partial charge on any atom is 0.236 e. The Hall–Kier alpha value is -0.610. The molecule has 1 atom stereocenters. The first kappa shape index (κ1) is 11.5. The molecule has 0 aromatic carbocycles. The van der Waals surface area contributed by atoms with Gasteiger partial charge in [0.05, 0.1) is 13.2 Å². The SMILES string of the molecule is O=C(CN1CCC2(CCOC2)C1)N1CCCC1. The highest BCUT2D eigenvalue weighted by Gasteiger charge is 2.41. The van der Waals surface area contributed by atoms with Gasteiger partial charge >= 0.3 is 0 Å². The maximum atomic E-state index is 12.1. The van der Waals surface area contributed by atoms with Gasteiger partial charge in [-0.15, -0.1) is 0 Å². The smallest absolute Gasteiger partial charge is 0.236 e. The van der Waals surface area contributed by atoms with Crippen LogP contribution in [0.15, 0.2) is 0 Å². The van der Waals surface area contributed by atoms with Gasteiger partial charge in [0.1, 0.15) is 0 Å². The molecule has 0 aromatic heterocycles. The average molecular weight is 238 g/mol. The van der Waals surface area contributed by atoms with Gasteiger partial charge in [0.15, 0.2) is 0 Å². The van der Waals surface area contributed by atoms with Crippen molar-refractivity contribution in [1.82, 2.24) is 9.80 Å². The minimum absolute atomic E-state index is 0.332. The van der Waals surface area contributed by atoms with Crippen LogP contribution in [0.3, 0.4) is 0 Å². The molecule has 3 saturated heterocycles. The molecular formula is C13H22N2O2. The largest absolute Gasteiger partial charge is 0.381 e. The van der Waals surface area contributed by atoms with Gasteiger partial charge in [0.2, 0.25) is 5.91 Å². The van der Waals surface area contributed by atoms with E-state index in [1.807, 2.05) is 4.90 Å². The van der Waals surface area contributed by atoms with Crippen molar-refractivity contribution in [3.63, 3.8) is 0 Å². The summed E-state index contributed by atoms with van der Waals surface area (Å²) in [5.74, 6) is 0.332. The van der Waals surface area contributed by atoms with Crippen LogP contribution < -0.4 is 0 Å². The molecule has 17 heavy (non-hydrogen) atoms. The fourth-order valence-corrected chi connectivity index (χ4v) is 3.39. The second-order valence-corrected chi connectivity index (χ2v) is 5.85. The second-order valence-electron chi connectivity index (χ2n) is 5.85. The summed E-state index contributed by atoms with van der Waals surface area (Å²) in [5, 5.41) is 0. The monoisotopic (exact) mass is 238 g/mol. The summed E-state index contributed by atoms with van der Waals surface area (Å²) in [5.41, 5.74) is 0.380. The molecule has 3 fully saturated rings. The Morgan fingerprint density at radius 1 is 1.18 bits per heavy atom. The standard InChI is InChI=1S/C13H22N2O2/c16-12(15-5-1-2-6-15)9-14-7-3-13(10-14)4-8-17-11-13/h1-11H2. The van der Waals surface area contributed by atoms with Gasteiger partial charge < -0.3 is 9.64 Å². The van der Waals surface area contributed by atoms with Crippen molar-refractivity contribution in [1.29, 1.82) is 0 Å². The van der Waals surface area contributed by atoms with Crippen LogP contribution in [0.2, 0.25) is 0 Å². The molecule has 4 heteroatoms. The predicted octanol–water partition coefficient (Wildman–Crippen LogP) is 0.721. The Morgan fingerprint density at radius 3 is 2.71 bits per heavy atom. The first-order valence-electron chi connectivity index (χ1n) is 6.85. The second kappa shape index (κ2) is 4.58. The molecule has 0 N–H and O–H groups in total. The van der Waals surface area contributed by atoms with E-state index >= 15 is 0 Å². The van der Waals surface area contributed by atoms with Gasteiger partial charge in [-0.2, -0.15) is 0 Å². The number of amides is 1. The van der Waals surface area contributed by atoms with Crippen LogP contribution in [-0.4, -0.2) is 61.6 Å². The lowest BCUT2D eigenvalue weighted by molar-refractivity contribution is -0.131. The van der Waals surface area contributed by atoms with Crippen LogP contribution in [0.4, 0.5) is 0 Å². The fourth-order valence-electron chi connectivity index (χ4n) is 3.39. The number of carbonyl (C=O) groups excluding carboxylic acids is 1. The van der Waals surface area contributed by atoms with Crippen molar-refractivity contribution in [2.24, 2.45) is 5.41 Å². The Labute approximate surface area is 103 Å². The molecule has 3 aliphatic heterocycles. The Balaban J connectivity index is 1.51. The Bertz CT molecular complexity index is 294. The molecule has 3 heterocycles. The summed E-state index contributed by atoms with van der Waals surface area (Å²) in [6.07, 6.45) is 4.76. The molecule has 0 bridgehead atoms. The van der Waals surface area contributed by atoms with E-state index < -0.39 is 0 Å². The molecule has 3 aliphatic rings. The number of ether oxygens (including phenoxy) is 1. The third-order valence-electron chi connectivity index (χ3n) is 4.52. The normalized spacial score (nSPS) is 34.0.